The summed E-state index contributed by atoms with van der Waals surface area (Å²) in [5.41, 5.74) is 1.71. The second-order valence-corrected chi connectivity index (χ2v) is 8.24. The molecule has 0 amide bonds. The lowest BCUT2D eigenvalue weighted by Crippen LogP contribution is -2.45. The Morgan fingerprint density at radius 1 is 1.27 bits per heavy atom. The van der Waals surface area contributed by atoms with Crippen LogP contribution in [0.3, 0.4) is 0 Å². The van der Waals surface area contributed by atoms with Gasteiger partial charge < -0.3 is 10.2 Å². The average Bonchev–Trinajstić information content (AvgIpc) is 2.50. The Kier molecular flexibility index (Phi) is 6.52. The number of aliphatic hydroxyl groups is 2. The molecule has 0 unspecified atom stereocenters. The molecule has 2 N–H and O–H groups in total. The summed E-state index contributed by atoms with van der Waals surface area (Å²) in [5, 5.41) is 18.7. The van der Waals surface area contributed by atoms with E-state index in [1.165, 1.54) is 37.7 Å². The van der Waals surface area contributed by atoms with E-state index in [1.807, 2.05) is 0 Å². The van der Waals surface area contributed by atoms with Crippen LogP contribution < -0.4 is 0 Å². The van der Waals surface area contributed by atoms with Gasteiger partial charge in [0.2, 0.25) is 0 Å². The van der Waals surface area contributed by atoms with E-state index in [0.717, 1.165) is 37.0 Å². The first-order chi connectivity index (χ1) is 10.5. The van der Waals surface area contributed by atoms with E-state index in [4.69, 9.17) is 5.11 Å². The van der Waals surface area contributed by atoms with Crippen molar-refractivity contribution in [1.82, 2.24) is 0 Å². The van der Waals surface area contributed by atoms with Crippen LogP contribution in [0.15, 0.2) is 11.6 Å². The lowest BCUT2D eigenvalue weighted by atomic mass is 9.51. The second-order valence-electron chi connectivity index (χ2n) is 8.24. The van der Waals surface area contributed by atoms with E-state index in [2.05, 4.69) is 26.8 Å². The van der Waals surface area contributed by atoms with Gasteiger partial charge in [-0.05, 0) is 79.6 Å². The van der Waals surface area contributed by atoms with Crippen LogP contribution >= 0.6 is 0 Å². The SMILES string of the molecule is C[C@H](CCCO)CC[C@H]1[C@@H](C)CC[C@@H]2C(CO)=CCC[C@@]21C. The van der Waals surface area contributed by atoms with Crippen LogP contribution in [0.25, 0.3) is 0 Å². The van der Waals surface area contributed by atoms with E-state index in [9.17, 15) is 5.11 Å². The fraction of sp³-hybridized carbons (Fsp3) is 0.900. The van der Waals surface area contributed by atoms with Gasteiger partial charge in [0, 0.05) is 6.61 Å². The van der Waals surface area contributed by atoms with Crippen molar-refractivity contribution in [3.8, 4) is 0 Å². The summed E-state index contributed by atoms with van der Waals surface area (Å²) in [4.78, 5) is 0. The first-order valence-electron chi connectivity index (χ1n) is 9.43. The van der Waals surface area contributed by atoms with Gasteiger partial charge in [-0.15, -0.1) is 0 Å². The van der Waals surface area contributed by atoms with Crippen molar-refractivity contribution in [2.75, 3.05) is 13.2 Å². The Morgan fingerprint density at radius 2 is 2.05 bits per heavy atom. The molecule has 2 heteroatoms. The molecule has 22 heavy (non-hydrogen) atoms. The highest BCUT2D eigenvalue weighted by atomic mass is 16.3. The van der Waals surface area contributed by atoms with Gasteiger partial charge in [-0.3, -0.25) is 0 Å². The number of rotatable bonds is 7. The van der Waals surface area contributed by atoms with Crippen LogP contribution in [0.1, 0.15) is 72.1 Å². The molecule has 5 atom stereocenters. The van der Waals surface area contributed by atoms with Crippen LogP contribution in [0.4, 0.5) is 0 Å². The molecule has 1 fully saturated rings. The lowest BCUT2D eigenvalue weighted by Gasteiger charge is -2.53. The smallest absolute Gasteiger partial charge is 0.0644 e. The van der Waals surface area contributed by atoms with Gasteiger partial charge in [0.05, 0.1) is 6.61 Å². The summed E-state index contributed by atoms with van der Waals surface area (Å²) in [6.45, 7) is 7.87. The summed E-state index contributed by atoms with van der Waals surface area (Å²) in [6, 6.07) is 0. The summed E-state index contributed by atoms with van der Waals surface area (Å²) in [7, 11) is 0. The molecule has 128 valence electrons. The molecule has 0 radical (unpaired) electrons. The normalized spacial score (nSPS) is 36.6. The number of aliphatic hydroxyl groups excluding tert-OH is 2. The van der Waals surface area contributed by atoms with Gasteiger partial charge in [-0.1, -0.05) is 33.3 Å². The van der Waals surface area contributed by atoms with Gasteiger partial charge in [-0.2, -0.15) is 0 Å². The van der Waals surface area contributed by atoms with Gasteiger partial charge >= 0.3 is 0 Å². The quantitative estimate of drug-likeness (QED) is 0.677. The monoisotopic (exact) mass is 308 g/mol. The van der Waals surface area contributed by atoms with Crippen molar-refractivity contribution >= 4 is 0 Å². The third-order valence-corrected chi connectivity index (χ3v) is 6.79. The molecule has 0 saturated heterocycles. The minimum absolute atomic E-state index is 0.258. The fourth-order valence-electron chi connectivity index (χ4n) is 5.39. The Morgan fingerprint density at radius 3 is 2.73 bits per heavy atom. The van der Waals surface area contributed by atoms with Crippen molar-refractivity contribution in [2.24, 2.45) is 29.1 Å². The van der Waals surface area contributed by atoms with Crippen molar-refractivity contribution in [1.29, 1.82) is 0 Å². The maximum absolute atomic E-state index is 9.72. The van der Waals surface area contributed by atoms with Gasteiger partial charge in [0.15, 0.2) is 0 Å². The van der Waals surface area contributed by atoms with Gasteiger partial charge in [-0.25, -0.2) is 0 Å². The second kappa shape index (κ2) is 7.97. The molecule has 0 aromatic heterocycles. The highest BCUT2D eigenvalue weighted by Crippen LogP contribution is 2.56. The largest absolute Gasteiger partial charge is 0.396 e. The van der Waals surface area contributed by atoms with Crippen LogP contribution in [-0.4, -0.2) is 23.4 Å². The van der Waals surface area contributed by atoms with Crippen LogP contribution in [-0.2, 0) is 0 Å². The molecule has 0 aliphatic heterocycles. The summed E-state index contributed by atoms with van der Waals surface area (Å²) >= 11 is 0. The lowest BCUT2D eigenvalue weighted by molar-refractivity contribution is -0.00624. The minimum atomic E-state index is 0.258. The van der Waals surface area contributed by atoms with E-state index in [0.29, 0.717) is 17.9 Å². The zero-order valence-corrected chi connectivity index (χ0v) is 14.9. The Labute approximate surface area is 137 Å². The molecule has 0 aromatic carbocycles. The number of hydrogen-bond donors (Lipinski definition) is 2. The van der Waals surface area contributed by atoms with E-state index in [1.54, 1.807) is 0 Å². The molecule has 0 spiro atoms. The van der Waals surface area contributed by atoms with E-state index in [-0.39, 0.29) is 6.61 Å². The molecule has 0 bridgehead atoms. The maximum Gasteiger partial charge on any atom is 0.0644 e. The van der Waals surface area contributed by atoms with Crippen molar-refractivity contribution in [2.45, 2.75) is 72.1 Å². The highest BCUT2D eigenvalue weighted by Gasteiger charge is 2.48. The fourth-order valence-corrected chi connectivity index (χ4v) is 5.39. The van der Waals surface area contributed by atoms with Gasteiger partial charge in [0.1, 0.15) is 0 Å². The minimum Gasteiger partial charge on any atom is -0.396 e. The predicted molar refractivity (Wildman–Crippen MR) is 92.6 cm³/mol. The molecule has 0 heterocycles. The van der Waals surface area contributed by atoms with Crippen LogP contribution in [0, 0.1) is 29.1 Å². The van der Waals surface area contributed by atoms with Crippen molar-refractivity contribution in [3.63, 3.8) is 0 Å². The topological polar surface area (TPSA) is 40.5 Å². The highest BCUT2D eigenvalue weighted by molar-refractivity contribution is 5.18. The average molecular weight is 309 g/mol. The standard InChI is InChI=1S/C20H36O2/c1-15(6-5-13-21)8-10-18-16(2)9-11-19-17(14-22)7-4-12-20(18,19)3/h7,15-16,18-19,21-22H,4-6,8-14H2,1-3H3/t15-,16+,18+,19-,20-/m1/s1. The van der Waals surface area contributed by atoms with E-state index < -0.39 is 0 Å². The Bertz CT molecular complexity index is 376. The summed E-state index contributed by atoms with van der Waals surface area (Å²) < 4.78 is 0. The Balaban J connectivity index is 2.03. The zero-order valence-electron chi connectivity index (χ0n) is 14.9. The molecule has 0 aromatic rings. The van der Waals surface area contributed by atoms with Crippen molar-refractivity contribution in [3.05, 3.63) is 11.6 Å². The number of allylic oxidation sites excluding steroid dienone is 1. The molecule has 1 saturated carbocycles. The molecular weight excluding hydrogens is 272 g/mol. The van der Waals surface area contributed by atoms with E-state index >= 15 is 0 Å². The first-order valence-corrected chi connectivity index (χ1v) is 9.43. The number of hydrogen-bond acceptors (Lipinski definition) is 2. The molecule has 2 nitrogen and oxygen atoms in total. The third kappa shape index (κ3) is 3.76. The summed E-state index contributed by atoms with van der Waals surface area (Å²) in [6.07, 6.45) is 12.0. The molecule has 2 aliphatic rings. The summed E-state index contributed by atoms with van der Waals surface area (Å²) in [5.74, 6) is 2.93. The van der Waals surface area contributed by atoms with Crippen LogP contribution in [0.5, 0.6) is 0 Å². The Hall–Kier alpha value is -0.340. The molecule has 2 rings (SSSR count). The zero-order chi connectivity index (χ0) is 16.2. The third-order valence-electron chi connectivity index (χ3n) is 6.79. The first kappa shape index (κ1) is 18.0. The predicted octanol–water partition coefficient (Wildman–Crippen LogP) is 4.56. The van der Waals surface area contributed by atoms with Crippen LogP contribution in [0.2, 0.25) is 0 Å². The van der Waals surface area contributed by atoms with Gasteiger partial charge in [0.25, 0.3) is 0 Å². The maximum atomic E-state index is 9.72. The molecular formula is C20H36O2. The molecule has 2 aliphatic carbocycles. The van der Waals surface area contributed by atoms with Crippen molar-refractivity contribution < 1.29 is 10.2 Å². The number of fused-ring (bicyclic) bond motifs is 1.